The maximum Gasteiger partial charge on any atom is 0.423 e. The van der Waals surface area contributed by atoms with Gasteiger partial charge in [0.05, 0.1) is 0 Å². The van der Waals surface area contributed by atoms with Gasteiger partial charge in [-0.05, 0) is 37.0 Å². The molecule has 2 aliphatic rings. The molecule has 0 aromatic heterocycles. The van der Waals surface area contributed by atoms with Crippen molar-refractivity contribution >= 4 is 0 Å². The van der Waals surface area contributed by atoms with E-state index in [1.165, 1.54) is 6.08 Å². The Kier molecular flexibility index (Phi) is 5.29. The predicted molar refractivity (Wildman–Crippen MR) is 73.7 cm³/mol. The lowest BCUT2D eigenvalue weighted by Crippen LogP contribution is -2.59. The van der Waals surface area contributed by atoms with Crippen molar-refractivity contribution in [1.82, 2.24) is 0 Å². The first-order valence-electron chi connectivity index (χ1n) is 7.89. The van der Waals surface area contributed by atoms with Crippen molar-refractivity contribution in [3.05, 3.63) is 24.1 Å². The molecule has 0 aromatic rings. The molecule has 1 unspecified atom stereocenters. The van der Waals surface area contributed by atoms with E-state index in [0.717, 1.165) is 38.5 Å². The standard InChI is InChI=1S/C16H18F8O/c17-11(12(18)19)15(20,21)14(25,16(22,23)24)7-3-4-10-8-13(9-10)5-1-2-6-13/h3-4,10,25H,1-2,5-9H2/b4-3+. The van der Waals surface area contributed by atoms with Crippen LogP contribution >= 0.6 is 0 Å². The molecule has 2 fully saturated rings. The molecule has 0 saturated heterocycles. The van der Waals surface area contributed by atoms with Gasteiger partial charge in [0.15, 0.2) is 0 Å². The first-order valence-corrected chi connectivity index (χ1v) is 7.89. The second-order valence-electron chi connectivity index (χ2n) is 7.01. The van der Waals surface area contributed by atoms with Gasteiger partial charge in [-0.2, -0.15) is 35.1 Å². The molecule has 0 aliphatic heterocycles. The number of allylic oxidation sites excluding steroid dienone is 1. The van der Waals surface area contributed by atoms with Gasteiger partial charge in [0.1, 0.15) is 0 Å². The summed E-state index contributed by atoms with van der Waals surface area (Å²) in [5.74, 6) is -9.47. The summed E-state index contributed by atoms with van der Waals surface area (Å²) in [6, 6.07) is 0. The predicted octanol–water partition coefficient (Wildman–Crippen LogP) is 5.91. The van der Waals surface area contributed by atoms with Gasteiger partial charge >= 0.3 is 18.2 Å². The Bertz CT molecular complexity index is 547. The minimum atomic E-state index is -6.00. The Labute approximate surface area is 139 Å². The third-order valence-corrected chi connectivity index (χ3v) is 5.31. The molecule has 1 N–H and O–H groups in total. The number of aliphatic hydroxyl groups is 1. The number of alkyl halides is 5. The summed E-state index contributed by atoms with van der Waals surface area (Å²) in [5.41, 5.74) is -4.77. The van der Waals surface area contributed by atoms with Crippen LogP contribution in [0.1, 0.15) is 44.9 Å². The number of hydrogen-bond donors (Lipinski definition) is 1. The Balaban J connectivity index is 2.11. The average Bonchev–Trinajstić information content (AvgIpc) is 2.93. The first kappa shape index (κ1) is 20.2. The van der Waals surface area contributed by atoms with Crippen LogP contribution in [-0.2, 0) is 0 Å². The van der Waals surface area contributed by atoms with Crippen LogP contribution in [0.5, 0.6) is 0 Å². The van der Waals surface area contributed by atoms with E-state index in [1.54, 1.807) is 0 Å². The van der Waals surface area contributed by atoms with Crippen molar-refractivity contribution in [1.29, 1.82) is 0 Å². The van der Waals surface area contributed by atoms with Crippen LogP contribution < -0.4 is 0 Å². The molecule has 0 heterocycles. The molecule has 2 saturated carbocycles. The smallest absolute Gasteiger partial charge is 0.375 e. The van der Waals surface area contributed by atoms with E-state index < -0.39 is 36.0 Å². The molecule has 9 heteroatoms. The topological polar surface area (TPSA) is 20.2 Å². The second-order valence-corrected chi connectivity index (χ2v) is 7.01. The normalized spacial score (nSPS) is 23.7. The quantitative estimate of drug-likeness (QED) is 0.466. The van der Waals surface area contributed by atoms with Crippen molar-refractivity contribution in [2.75, 3.05) is 0 Å². The highest BCUT2D eigenvalue weighted by Gasteiger charge is 2.71. The summed E-state index contributed by atoms with van der Waals surface area (Å²) >= 11 is 0. The Hall–Kier alpha value is -1.12. The van der Waals surface area contributed by atoms with E-state index in [4.69, 9.17) is 0 Å². The Morgan fingerprint density at radius 1 is 1.00 bits per heavy atom. The SMILES string of the molecule is OC(C/C=C/C1CC2(CCCC2)C1)(C(F)(F)F)C(F)(F)C(F)=C(F)F. The first-order chi connectivity index (χ1) is 11.3. The highest BCUT2D eigenvalue weighted by atomic mass is 19.4. The molecular formula is C16H18F8O. The minimum Gasteiger partial charge on any atom is -0.375 e. The van der Waals surface area contributed by atoms with Crippen LogP contribution in [-0.4, -0.2) is 22.8 Å². The zero-order chi connectivity index (χ0) is 19.1. The highest BCUT2D eigenvalue weighted by molar-refractivity contribution is 5.18. The van der Waals surface area contributed by atoms with Gasteiger partial charge in [0.2, 0.25) is 11.4 Å². The lowest BCUT2D eigenvalue weighted by molar-refractivity contribution is -0.324. The van der Waals surface area contributed by atoms with Crippen molar-refractivity contribution in [3.63, 3.8) is 0 Å². The molecular weight excluding hydrogens is 360 g/mol. The fourth-order valence-corrected chi connectivity index (χ4v) is 3.88. The van der Waals surface area contributed by atoms with Gasteiger partial charge in [-0.25, -0.2) is 0 Å². The van der Waals surface area contributed by atoms with Crippen molar-refractivity contribution in [2.45, 2.75) is 62.6 Å². The van der Waals surface area contributed by atoms with E-state index in [9.17, 15) is 40.2 Å². The minimum absolute atomic E-state index is 0.109. The van der Waals surface area contributed by atoms with Crippen molar-refractivity contribution in [3.8, 4) is 0 Å². The van der Waals surface area contributed by atoms with Crippen LogP contribution in [0.25, 0.3) is 0 Å². The Morgan fingerprint density at radius 3 is 1.96 bits per heavy atom. The van der Waals surface area contributed by atoms with E-state index in [0.29, 0.717) is 6.08 Å². The third-order valence-electron chi connectivity index (χ3n) is 5.31. The molecule has 144 valence electrons. The third kappa shape index (κ3) is 3.57. The molecule has 1 atom stereocenters. The van der Waals surface area contributed by atoms with E-state index in [1.807, 2.05) is 0 Å². The lowest BCUT2D eigenvalue weighted by atomic mass is 9.61. The van der Waals surface area contributed by atoms with Crippen LogP contribution in [0.3, 0.4) is 0 Å². The van der Waals surface area contributed by atoms with Gasteiger partial charge in [0, 0.05) is 6.42 Å². The van der Waals surface area contributed by atoms with Gasteiger partial charge in [-0.3, -0.25) is 0 Å². The summed E-state index contributed by atoms with van der Waals surface area (Å²) in [6.45, 7) is 0. The number of hydrogen-bond acceptors (Lipinski definition) is 1. The van der Waals surface area contributed by atoms with Gasteiger partial charge in [0.25, 0.3) is 0 Å². The van der Waals surface area contributed by atoms with Crippen molar-refractivity contribution < 1.29 is 40.2 Å². The van der Waals surface area contributed by atoms with Crippen LogP contribution in [0.4, 0.5) is 35.1 Å². The summed E-state index contributed by atoms with van der Waals surface area (Å²) in [7, 11) is 0. The summed E-state index contributed by atoms with van der Waals surface area (Å²) in [4.78, 5) is 0. The molecule has 1 spiro atoms. The fraction of sp³-hybridized carbons (Fsp3) is 0.750. The van der Waals surface area contributed by atoms with Gasteiger partial charge in [-0.1, -0.05) is 25.0 Å². The zero-order valence-electron chi connectivity index (χ0n) is 13.2. The summed E-state index contributed by atoms with van der Waals surface area (Å²) in [5, 5.41) is 9.37. The van der Waals surface area contributed by atoms with Crippen LogP contribution in [0, 0.1) is 11.3 Å². The molecule has 1 nitrogen and oxygen atoms in total. The largest absolute Gasteiger partial charge is 0.423 e. The monoisotopic (exact) mass is 378 g/mol. The van der Waals surface area contributed by atoms with E-state index >= 15 is 0 Å². The van der Waals surface area contributed by atoms with Crippen LogP contribution in [0.15, 0.2) is 24.1 Å². The van der Waals surface area contributed by atoms with Crippen LogP contribution in [0.2, 0.25) is 0 Å². The van der Waals surface area contributed by atoms with Crippen molar-refractivity contribution in [2.24, 2.45) is 11.3 Å². The molecule has 0 aromatic carbocycles. The maximum absolute atomic E-state index is 13.6. The van der Waals surface area contributed by atoms with Gasteiger partial charge in [-0.15, -0.1) is 0 Å². The molecule has 2 aliphatic carbocycles. The molecule has 0 radical (unpaired) electrons. The van der Waals surface area contributed by atoms with Gasteiger partial charge < -0.3 is 5.11 Å². The molecule has 0 bridgehead atoms. The number of halogens is 8. The Morgan fingerprint density at radius 2 is 1.52 bits per heavy atom. The maximum atomic E-state index is 13.6. The summed E-state index contributed by atoms with van der Waals surface area (Å²) in [6.07, 6.45) is -3.72. The highest BCUT2D eigenvalue weighted by Crippen LogP contribution is 2.57. The fourth-order valence-electron chi connectivity index (χ4n) is 3.88. The molecule has 2 rings (SSSR count). The number of rotatable bonds is 5. The second kappa shape index (κ2) is 6.55. The lowest BCUT2D eigenvalue weighted by Gasteiger charge is -2.44. The molecule has 25 heavy (non-hydrogen) atoms. The zero-order valence-corrected chi connectivity index (χ0v) is 13.2. The molecule has 0 amide bonds. The van der Waals surface area contributed by atoms with E-state index in [2.05, 4.69) is 0 Å². The average molecular weight is 378 g/mol. The van der Waals surface area contributed by atoms with E-state index in [-0.39, 0.29) is 11.3 Å². The summed E-state index contributed by atoms with van der Waals surface area (Å²) < 4.78 is 103.